The van der Waals surface area contributed by atoms with Gasteiger partial charge in [-0.1, -0.05) is 6.07 Å². The molecule has 1 unspecified atom stereocenters. The Morgan fingerprint density at radius 2 is 2.15 bits per heavy atom. The van der Waals surface area contributed by atoms with Gasteiger partial charge in [-0.05, 0) is 56.0 Å². The van der Waals surface area contributed by atoms with Crippen LogP contribution < -0.4 is 16.1 Å². The van der Waals surface area contributed by atoms with Crippen LogP contribution in [0.15, 0.2) is 39.5 Å². The van der Waals surface area contributed by atoms with Crippen molar-refractivity contribution in [2.24, 2.45) is 9.98 Å². The lowest BCUT2D eigenvalue weighted by atomic mass is 10.1. The Hall–Kier alpha value is -2.74. The fourth-order valence-electron chi connectivity index (χ4n) is 3.56. The lowest BCUT2D eigenvalue weighted by Crippen LogP contribution is -2.45. The molecule has 26 heavy (non-hydrogen) atoms. The van der Waals surface area contributed by atoms with E-state index < -0.39 is 0 Å². The number of phenolic OH excluding ortho intramolecular Hbond substituents is 2. The molecule has 1 atom stereocenters. The summed E-state index contributed by atoms with van der Waals surface area (Å²) in [5, 5.41) is 27.7. The minimum atomic E-state index is -0.0856. The second kappa shape index (κ2) is 6.87. The van der Waals surface area contributed by atoms with E-state index in [1.165, 1.54) is 11.6 Å². The van der Waals surface area contributed by atoms with Gasteiger partial charge in [-0.3, -0.25) is 5.43 Å². The predicted octanol–water partition coefficient (Wildman–Crippen LogP) is 0.802. The number of hydrazine groups is 1. The number of nitrogens with one attached hydrogen (secondary N) is 3. The maximum Gasteiger partial charge on any atom is 0.248 e. The van der Waals surface area contributed by atoms with Crippen molar-refractivity contribution in [1.82, 2.24) is 21.1 Å². The Morgan fingerprint density at radius 3 is 2.96 bits per heavy atom. The SMILES string of the molecule is CCNC1=NC2=NC3=C(CCC3NCCc3ccc(O)c(O)c3)CN2N1. The minimum absolute atomic E-state index is 0.0739. The first-order chi connectivity index (χ1) is 12.6. The molecule has 0 amide bonds. The molecule has 0 fully saturated rings. The summed E-state index contributed by atoms with van der Waals surface area (Å²) in [4.78, 5) is 9.27. The molecule has 0 aromatic heterocycles. The van der Waals surface area contributed by atoms with Gasteiger partial charge in [-0.25, -0.2) is 10.0 Å². The molecule has 5 N–H and O–H groups in total. The Morgan fingerprint density at radius 1 is 1.27 bits per heavy atom. The zero-order chi connectivity index (χ0) is 18.1. The number of fused-ring (bicyclic) bond motifs is 1. The van der Waals surface area contributed by atoms with Crippen molar-refractivity contribution in [2.45, 2.75) is 32.2 Å². The van der Waals surface area contributed by atoms with Gasteiger partial charge in [0, 0.05) is 12.6 Å². The average molecular weight is 356 g/mol. The first-order valence-corrected chi connectivity index (χ1v) is 9.05. The van der Waals surface area contributed by atoms with Gasteiger partial charge >= 0.3 is 0 Å². The van der Waals surface area contributed by atoms with Gasteiger partial charge in [0.1, 0.15) is 0 Å². The molecule has 8 nitrogen and oxygen atoms in total. The maximum atomic E-state index is 9.59. The summed E-state index contributed by atoms with van der Waals surface area (Å²) in [6.07, 6.45) is 2.86. The molecule has 1 aliphatic carbocycles. The molecule has 8 heteroatoms. The fourth-order valence-corrected chi connectivity index (χ4v) is 3.56. The van der Waals surface area contributed by atoms with Crippen LogP contribution >= 0.6 is 0 Å². The summed E-state index contributed by atoms with van der Waals surface area (Å²) >= 11 is 0. The van der Waals surface area contributed by atoms with Crippen LogP contribution in [0.25, 0.3) is 0 Å². The van der Waals surface area contributed by atoms with Crippen LogP contribution in [0.5, 0.6) is 11.5 Å². The molecule has 4 rings (SSSR count). The zero-order valence-electron chi connectivity index (χ0n) is 14.8. The number of aliphatic imine (C=N–C) groups is 2. The third-order valence-electron chi connectivity index (χ3n) is 4.88. The first kappa shape index (κ1) is 16.7. The highest BCUT2D eigenvalue weighted by Gasteiger charge is 2.33. The van der Waals surface area contributed by atoms with Crippen molar-refractivity contribution in [2.75, 3.05) is 19.6 Å². The second-order valence-corrected chi connectivity index (χ2v) is 6.71. The van der Waals surface area contributed by atoms with E-state index in [-0.39, 0.29) is 17.5 Å². The highest BCUT2D eigenvalue weighted by molar-refractivity contribution is 6.01. The predicted molar refractivity (Wildman–Crippen MR) is 99.9 cm³/mol. The number of aromatic hydroxyl groups is 2. The van der Waals surface area contributed by atoms with Gasteiger partial charge in [0.2, 0.25) is 11.9 Å². The van der Waals surface area contributed by atoms with Crippen LogP contribution in [0.3, 0.4) is 0 Å². The fraction of sp³-hybridized carbons (Fsp3) is 0.444. The normalized spacial score (nSPS) is 21.1. The zero-order valence-corrected chi connectivity index (χ0v) is 14.8. The lowest BCUT2D eigenvalue weighted by molar-refractivity contribution is 0.403. The lowest BCUT2D eigenvalue weighted by Gasteiger charge is -2.24. The number of nitrogens with zero attached hydrogens (tertiary/aromatic N) is 3. The first-order valence-electron chi connectivity index (χ1n) is 9.05. The third kappa shape index (κ3) is 3.20. The summed E-state index contributed by atoms with van der Waals surface area (Å²) in [7, 11) is 0. The molecule has 1 aromatic rings. The maximum absolute atomic E-state index is 9.59. The van der Waals surface area contributed by atoms with Crippen LogP contribution in [0, 0.1) is 0 Å². The number of phenols is 2. The third-order valence-corrected chi connectivity index (χ3v) is 4.88. The smallest absolute Gasteiger partial charge is 0.248 e. The van der Waals surface area contributed by atoms with Crippen LogP contribution in [-0.4, -0.2) is 52.8 Å². The van der Waals surface area contributed by atoms with Crippen molar-refractivity contribution < 1.29 is 10.2 Å². The quantitative estimate of drug-likeness (QED) is 0.500. The standard InChI is InChI=1S/C18H24N6O2/c1-2-19-17-22-18-21-16-12(10-24(18)23-17)4-5-13(16)20-8-7-11-3-6-14(25)15(26)9-11/h3,6,9,13,20,25-26H,2,4-5,7-8,10H2,1H3,(H2,19,21,22,23). The highest BCUT2D eigenvalue weighted by atomic mass is 16.3. The highest BCUT2D eigenvalue weighted by Crippen LogP contribution is 2.32. The van der Waals surface area contributed by atoms with Crippen molar-refractivity contribution in [3.05, 3.63) is 35.0 Å². The van der Waals surface area contributed by atoms with Gasteiger partial charge in [-0.15, -0.1) is 0 Å². The molecule has 2 aliphatic heterocycles. The van der Waals surface area contributed by atoms with Crippen molar-refractivity contribution in [3.63, 3.8) is 0 Å². The Labute approximate surface area is 152 Å². The molecule has 0 saturated heterocycles. The molecule has 138 valence electrons. The average Bonchev–Trinajstić information content (AvgIpc) is 3.19. The summed E-state index contributed by atoms with van der Waals surface area (Å²) in [6.45, 7) is 4.45. The summed E-state index contributed by atoms with van der Waals surface area (Å²) in [5.74, 6) is 1.31. The van der Waals surface area contributed by atoms with E-state index in [0.29, 0.717) is 0 Å². The van der Waals surface area contributed by atoms with E-state index in [0.717, 1.165) is 62.1 Å². The van der Waals surface area contributed by atoms with Crippen molar-refractivity contribution >= 4 is 11.9 Å². The number of hydrogen-bond donors (Lipinski definition) is 5. The topological polar surface area (TPSA) is 105 Å². The number of benzene rings is 1. The number of hydrogen-bond acceptors (Lipinski definition) is 8. The molecule has 0 radical (unpaired) electrons. The van der Waals surface area contributed by atoms with E-state index >= 15 is 0 Å². The Bertz CT molecular complexity index is 801. The van der Waals surface area contributed by atoms with Gasteiger partial charge in [0.15, 0.2) is 11.5 Å². The number of guanidine groups is 2. The van der Waals surface area contributed by atoms with E-state index in [4.69, 9.17) is 4.99 Å². The summed E-state index contributed by atoms with van der Waals surface area (Å²) in [6, 6.07) is 5.20. The van der Waals surface area contributed by atoms with Gasteiger partial charge in [-0.2, -0.15) is 4.99 Å². The Balaban J connectivity index is 1.38. The van der Waals surface area contributed by atoms with Crippen LogP contribution in [0.4, 0.5) is 0 Å². The van der Waals surface area contributed by atoms with Crippen LogP contribution in [0.1, 0.15) is 25.3 Å². The van der Waals surface area contributed by atoms with Gasteiger partial charge in [0.25, 0.3) is 0 Å². The van der Waals surface area contributed by atoms with E-state index in [1.54, 1.807) is 6.07 Å². The van der Waals surface area contributed by atoms with Gasteiger partial charge < -0.3 is 20.8 Å². The summed E-state index contributed by atoms with van der Waals surface area (Å²) < 4.78 is 0. The molecule has 0 bridgehead atoms. The molecule has 2 heterocycles. The van der Waals surface area contributed by atoms with E-state index in [9.17, 15) is 10.2 Å². The van der Waals surface area contributed by atoms with E-state index in [1.807, 2.05) is 18.0 Å². The monoisotopic (exact) mass is 356 g/mol. The number of rotatable bonds is 5. The molecular formula is C18H24N6O2. The van der Waals surface area contributed by atoms with Crippen molar-refractivity contribution in [1.29, 1.82) is 0 Å². The summed E-state index contributed by atoms with van der Waals surface area (Å²) in [5.41, 5.74) is 6.70. The Kier molecular flexibility index (Phi) is 4.42. The largest absolute Gasteiger partial charge is 0.504 e. The van der Waals surface area contributed by atoms with Crippen LogP contribution in [-0.2, 0) is 6.42 Å². The molecule has 1 aromatic carbocycles. The van der Waals surface area contributed by atoms with E-state index in [2.05, 4.69) is 21.1 Å². The van der Waals surface area contributed by atoms with Crippen molar-refractivity contribution in [3.8, 4) is 11.5 Å². The van der Waals surface area contributed by atoms with Gasteiger partial charge in [0.05, 0.1) is 12.2 Å². The molecular weight excluding hydrogens is 332 g/mol. The molecule has 3 aliphatic rings. The molecule has 0 spiro atoms. The minimum Gasteiger partial charge on any atom is -0.504 e. The second-order valence-electron chi connectivity index (χ2n) is 6.71. The molecule has 0 saturated carbocycles. The van der Waals surface area contributed by atoms with Crippen LogP contribution in [0.2, 0.25) is 0 Å².